The van der Waals surface area contributed by atoms with Gasteiger partial charge in [-0.15, -0.1) is 0 Å². The molecular formula is C24H28O3Si. The fraction of sp³-hybridized carbons (Fsp3) is 0.292. The molecule has 0 bridgehead atoms. The molecule has 1 saturated heterocycles. The Kier molecular flexibility index (Phi) is 6.01. The lowest BCUT2D eigenvalue weighted by atomic mass is 9.90. The zero-order valence-electron chi connectivity index (χ0n) is 17.1. The molecule has 0 radical (unpaired) electrons. The van der Waals surface area contributed by atoms with E-state index in [0.717, 1.165) is 17.6 Å². The van der Waals surface area contributed by atoms with Gasteiger partial charge in [-0.05, 0) is 61.3 Å². The number of hydrogen-bond acceptors (Lipinski definition) is 3. The van der Waals surface area contributed by atoms with E-state index in [9.17, 15) is 4.79 Å². The lowest BCUT2D eigenvalue weighted by Gasteiger charge is -2.27. The minimum Gasteiger partial charge on any atom is -0.463 e. The number of carbonyl (C=O) groups is 1. The molecule has 28 heavy (non-hydrogen) atoms. The molecule has 3 rings (SSSR count). The first-order valence-corrected chi connectivity index (χ1v) is 12.7. The van der Waals surface area contributed by atoms with E-state index in [2.05, 4.69) is 56.4 Å². The van der Waals surface area contributed by atoms with Crippen LogP contribution < -0.4 is 0 Å². The molecule has 1 aliphatic heterocycles. The standard InChI is InChI=1S/C24H28O3Si/c1-5-26-23(25)17-16-21(19-12-8-6-9-13-19)22-18-24(2,27-28(22,3)4)20-14-10-7-11-15-20/h6-17H,5,18H2,1-4H3/b17-16+,22-21+. The van der Waals surface area contributed by atoms with Crippen molar-refractivity contribution in [2.45, 2.75) is 39.0 Å². The maximum absolute atomic E-state index is 12.0. The van der Waals surface area contributed by atoms with E-state index in [1.54, 1.807) is 0 Å². The zero-order chi connectivity index (χ0) is 20.2. The summed E-state index contributed by atoms with van der Waals surface area (Å²) in [5.41, 5.74) is 3.00. The van der Waals surface area contributed by atoms with Gasteiger partial charge in [-0.2, -0.15) is 0 Å². The van der Waals surface area contributed by atoms with Crippen LogP contribution in [0.25, 0.3) is 5.57 Å². The van der Waals surface area contributed by atoms with E-state index in [-0.39, 0.29) is 11.6 Å². The molecular weight excluding hydrogens is 364 g/mol. The zero-order valence-corrected chi connectivity index (χ0v) is 18.1. The minimum atomic E-state index is -2.15. The van der Waals surface area contributed by atoms with Crippen molar-refractivity contribution in [2.24, 2.45) is 0 Å². The molecule has 146 valence electrons. The van der Waals surface area contributed by atoms with Crippen LogP contribution >= 0.6 is 0 Å². The lowest BCUT2D eigenvalue weighted by molar-refractivity contribution is -0.137. The van der Waals surface area contributed by atoms with Gasteiger partial charge >= 0.3 is 5.97 Å². The van der Waals surface area contributed by atoms with Gasteiger partial charge in [0.25, 0.3) is 0 Å². The first-order valence-electron chi connectivity index (χ1n) is 9.75. The van der Waals surface area contributed by atoms with Gasteiger partial charge in [-0.3, -0.25) is 0 Å². The third kappa shape index (κ3) is 4.34. The van der Waals surface area contributed by atoms with Gasteiger partial charge in [-0.25, -0.2) is 4.79 Å². The second-order valence-electron chi connectivity index (χ2n) is 7.73. The Hall–Kier alpha value is -2.43. The van der Waals surface area contributed by atoms with Crippen LogP contribution in [0.4, 0.5) is 0 Å². The first kappa shape index (κ1) is 20.3. The van der Waals surface area contributed by atoms with Crippen LogP contribution in [0, 0.1) is 0 Å². The average Bonchev–Trinajstić information content (AvgIpc) is 2.94. The summed E-state index contributed by atoms with van der Waals surface area (Å²) in [6.07, 6.45) is 4.24. The molecule has 1 atom stereocenters. The maximum Gasteiger partial charge on any atom is 0.330 e. The van der Waals surface area contributed by atoms with Crippen molar-refractivity contribution in [3.63, 3.8) is 0 Å². The molecule has 1 fully saturated rings. The lowest BCUT2D eigenvalue weighted by Crippen LogP contribution is -2.32. The molecule has 0 amide bonds. The van der Waals surface area contributed by atoms with Crippen molar-refractivity contribution < 1.29 is 14.0 Å². The Morgan fingerprint density at radius 1 is 1.07 bits per heavy atom. The van der Waals surface area contributed by atoms with Gasteiger partial charge in [0.2, 0.25) is 8.32 Å². The molecule has 1 heterocycles. The number of allylic oxidation sites excluding steroid dienone is 2. The summed E-state index contributed by atoms with van der Waals surface area (Å²) < 4.78 is 11.8. The number of benzene rings is 2. The van der Waals surface area contributed by atoms with Gasteiger partial charge in [0.05, 0.1) is 12.2 Å². The molecule has 0 aliphatic carbocycles. The van der Waals surface area contributed by atoms with Gasteiger partial charge in [0.1, 0.15) is 0 Å². The first-order chi connectivity index (χ1) is 13.4. The smallest absolute Gasteiger partial charge is 0.330 e. The molecule has 1 aliphatic rings. The predicted octanol–water partition coefficient (Wildman–Crippen LogP) is 5.64. The number of ether oxygens (including phenoxy) is 1. The Morgan fingerprint density at radius 2 is 1.68 bits per heavy atom. The van der Waals surface area contributed by atoms with Crippen LogP contribution in [0.3, 0.4) is 0 Å². The highest BCUT2D eigenvalue weighted by molar-refractivity contribution is 6.80. The van der Waals surface area contributed by atoms with Gasteiger partial charge < -0.3 is 9.16 Å². The molecule has 0 N–H and O–H groups in total. The van der Waals surface area contributed by atoms with E-state index in [0.29, 0.717) is 6.61 Å². The van der Waals surface area contributed by atoms with E-state index >= 15 is 0 Å². The van der Waals surface area contributed by atoms with E-state index in [1.807, 2.05) is 37.3 Å². The van der Waals surface area contributed by atoms with Crippen molar-refractivity contribution in [1.82, 2.24) is 0 Å². The largest absolute Gasteiger partial charge is 0.463 e. The summed E-state index contributed by atoms with van der Waals surface area (Å²) in [4.78, 5) is 12.0. The summed E-state index contributed by atoms with van der Waals surface area (Å²) >= 11 is 0. The van der Waals surface area contributed by atoms with Crippen LogP contribution in [0.1, 0.15) is 31.4 Å². The normalized spacial score (nSPS) is 23.0. The topological polar surface area (TPSA) is 35.5 Å². The summed E-state index contributed by atoms with van der Waals surface area (Å²) in [7, 11) is -2.15. The number of hydrogen-bond donors (Lipinski definition) is 0. The minimum absolute atomic E-state index is 0.319. The van der Waals surface area contributed by atoms with Crippen LogP contribution in [0.2, 0.25) is 13.1 Å². The Bertz CT molecular complexity index is 885. The van der Waals surface area contributed by atoms with Crippen LogP contribution in [-0.4, -0.2) is 20.9 Å². The highest BCUT2D eigenvalue weighted by atomic mass is 28.4. The van der Waals surface area contributed by atoms with Gasteiger partial charge in [0.15, 0.2) is 0 Å². The molecule has 3 nitrogen and oxygen atoms in total. The Labute approximate surface area is 168 Å². The third-order valence-electron chi connectivity index (χ3n) is 5.19. The average molecular weight is 393 g/mol. The third-order valence-corrected chi connectivity index (χ3v) is 8.05. The van der Waals surface area contributed by atoms with Crippen LogP contribution in [-0.2, 0) is 19.6 Å². The second-order valence-corrected chi connectivity index (χ2v) is 11.6. The highest BCUT2D eigenvalue weighted by Crippen LogP contribution is 2.48. The van der Waals surface area contributed by atoms with Crippen molar-refractivity contribution in [3.05, 3.63) is 89.1 Å². The Balaban J connectivity index is 2.09. The highest BCUT2D eigenvalue weighted by Gasteiger charge is 2.48. The quantitative estimate of drug-likeness (QED) is 0.375. The van der Waals surface area contributed by atoms with E-state index in [4.69, 9.17) is 9.16 Å². The van der Waals surface area contributed by atoms with Crippen LogP contribution in [0.15, 0.2) is 78.0 Å². The van der Waals surface area contributed by atoms with Crippen molar-refractivity contribution in [3.8, 4) is 0 Å². The SMILES string of the molecule is CCOC(=O)/C=C/C(=C1/CC(C)(c2ccccc2)O[Si]1(C)C)c1ccccc1. The number of carbonyl (C=O) groups excluding carboxylic acids is 1. The Morgan fingerprint density at radius 3 is 2.29 bits per heavy atom. The summed E-state index contributed by atoms with van der Waals surface area (Å²) in [6.45, 7) is 8.82. The molecule has 0 saturated carbocycles. The number of rotatable bonds is 5. The summed E-state index contributed by atoms with van der Waals surface area (Å²) in [5.74, 6) is -0.319. The predicted molar refractivity (Wildman–Crippen MR) is 116 cm³/mol. The van der Waals surface area contributed by atoms with Gasteiger partial charge in [-0.1, -0.05) is 60.7 Å². The fourth-order valence-electron chi connectivity index (χ4n) is 3.91. The molecule has 2 aromatic carbocycles. The van der Waals surface area contributed by atoms with Crippen molar-refractivity contribution in [2.75, 3.05) is 6.61 Å². The van der Waals surface area contributed by atoms with Gasteiger partial charge in [0, 0.05) is 6.08 Å². The fourth-order valence-corrected chi connectivity index (χ4v) is 6.99. The van der Waals surface area contributed by atoms with Crippen molar-refractivity contribution >= 4 is 19.9 Å². The molecule has 0 aromatic heterocycles. The molecule has 4 heteroatoms. The van der Waals surface area contributed by atoms with E-state index < -0.39 is 8.32 Å². The van der Waals surface area contributed by atoms with Crippen LogP contribution in [0.5, 0.6) is 0 Å². The van der Waals surface area contributed by atoms with E-state index in [1.165, 1.54) is 16.8 Å². The summed E-state index contributed by atoms with van der Waals surface area (Å²) in [5, 5.41) is 1.31. The molecule has 2 aromatic rings. The summed E-state index contributed by atoms with van der Waals surface area (Å²) in [6, 6.07) is 20.6. The number of esters is 1. The maximum atomic E-state index is 12.0. The molecule has 1 unspecified atom stereocenters. The molecule has 0 spiro atoms. The second kappa shape index (κ2) is 8.29. The van der Waals surface area contributed by atoms with Crippen molar-refractivity contribution in [1.29, 1.82) is 0 Å². The monoisotopic (exact) mass is 392 g/mol.